The predicted octanol–water partition coefficient (Wildman–Crippen LogP) is 3.80. The van der Waals surface area contributed by atoms with Crippen molar-refractivity contribution in [2.24, 2.45) is 0 Å². The summed E-state index contributed by atoms with van der Waals surface area (Å²) in [6, 6.07) is 8.84. The van der Waals surface area contributed by atoms with Gasteiger partial charge in [0.15, 0.2) is 0 Å². The van der Waals surface area contributed by atoms with Gasteiger partial charge in [0.25, 0.3) is 0 Å². The van der Waals surface area contributed by atoms with Gasteiger partial charge in [-0.3, -0.25) is 4.79 Å². The van der Waals surface area contributed by atoms with E-state index in [0.717, 1.165) is 12.8 Å². The molecule has 0 aliphatic heterocycles. The molecule has 1 aromatic carbocycles. The van der Waals surface area contributed by atoms with Crippen molar-refractivity contribution in [3.63, 3.8) is 0 Å². The molecule has 0 aliphatic rings. The molecule has 0 amide bonds. The highest BCUT2D eigenvalue weighted by atomic mass is 16.6. The van der Waals surface area contributed by atoms with Crippen LogP contribution in [0, 0.1) is 0 Å². The maximum atomic E-state index is 11.7. The first kappa shape index (κ1) is 26.1. The molecule has 0 bridgehead atoms. The average molecular weight is 425 g/mol. The maximum Gasteiger partial charge on any atom is 0.338 e. The fraction of sp³-hybridized carbons (Fsp3) is 0.652. The predicted molar refractivity (Wildman–Crippen MR) is 114 cm³/mol. The van der Waals surface area contributed by atoms with Gasteiger partial charge in [-0.2, -0.15) is 0 Å². The molecule has 0 unspecified atom stereocenters. The zero-order chi connectivity index (χ0) is 21.7. The summed E-state index contributed by atoms with van der Waals surface area (Å²) in [7, 11) is 0. The van der Waals surface area contributed by atoms with Crippen molar-refractivity contribution in [2.45, 2.75) is 45.4 Å². The van der Waals surface area contributed by atoms with Crippen LogP contribution in [0.4, 0.5) is 0 Å². The summed E-state index contributed by atoms with van der Waals surface area (Å²) in [5.41, 5.74) is 0.526. The molecular formula is C23H36O7. The quantitative estimate of drug-likeness (QED) is 0.247. The normalized spacial score (nSPS) is 10.7. The van der Waals surface area contributed by atoms with Gasteiger partial charge in [0, 0.05) is 6.42 Å². The first-order valence-electron chi connectivity index (χ1n) is 10.8. The van der Waals surface area contributed by atoms with Crippen molar-refractivity contribution in [3.05, 3.63) is 35.9 Å². The second-order valence-corrected chi connectivity index (χ2v) is 6.72. The largest absolute Gasteiger partial charge is 0.463 e. The van der Waals surface area contributed by atoms with Gasteiger partial charge in [-0.05, 0) is 18.6 Å². The van der Waals surface area contributed by atoms with Gasteiger partial charge in [-0.15, -0.1) is 0 Å². The number of benzene rings is 1. The van der Waals surface area contributed by atoms with E-state index in [1.807, 2.05) is 6.07 Å². The maximum absolute atomic E-state index is 11.7. The molecule has 7 heteroatoms. The number of carbonyl (C=O) groups excluding carboxylic acids is 2. The van der Waals surface area contributed by atoms with E-state index in [0.29, 0.717) is 51.6 Å². The van der Waals surface area contributed by atoms with Crippen LogP contribution in [0.3, 0.4) is 0 Å². The number of ether oxygens (including phenoxy) is 5. The van der Waals surface area contributed by atoms with Crippen molar-refractivity contribution >= 4 is 11.9 Å². The highest BCUT2D eigenvalue weighted by molar-refractivity contribution is 5.89. The fourth-order valence-electron chi connectivity index (χ4n) is 2.55. The second-order valence-electron chi connectivity index (χ2n) is 6.72. The lowest BCUT2D eigenvalue weighted by Crippen LogP contribution is -2.15. The topological polar surface area (TPSA) is 80.3 Å². The van der Waals surface area contributed by atoms with E-state index in [9.17, 15) is 9.59 Å². The van der Waals surface area contributed by atoms with Crippen molar-refractivity contribution in [1.29, 1.82) is 0 Å². The molecule has 0 heterocycles. The number of carbonyl (C=O) groups is 2. The van der Waals surface area contributed by atoms with Crippen LogP contribution in [-0.4, -0.2) is 64.8 Å². The van der Waals surface area contributed by atoms with Crippen molar-refractivity contribution < 1.29 is 33.3 Å². The molecule has 0 fully saturated rings. The second kappa shape index (κ2) is 19.0. The van der Waals surface area contributed by atoms with Gasteiger partial charge in [0.1, 0.15) is 13.2 Å². The zero-order valence-electron chi connectivity index (χ0n) is 18.1. The minimum atomic E-state index is -0.356. The van der Waals surface area contributed by atoms with Crippen LogP contribution >= 0.6 is 0 Å². The first-order chi connectivity index (χ1) is 14.7. The molecule has 0 saturated heterocycles. The zero-order valence-corrected chi connectivity index (χ0v) is 18.1. The van der Waals surface area contributed by atoms with E-state index in [-0.39, 0.29) is 25.2 Å². The SMILES string of the molecule is CCCCCCCC(=O)OCCOCCOCCOCCOC(=O)c1ccccc1. The van der Waals surface area contributed by atoms with Gasteiger partial charge in [-0.1, -0.05) is 50.8 Å². The van der Waals surface area contributed by atoms with E-state index < -0.39 is 0 Å². The highest BCUT2D eigenvalue weighted by Gasteiger charge is 2.05. The smallest absolute Gasteiger partial charge is 0.338 e. The van der Waals surface area contributed by atoms with Crippen LogP contribution in [-0.2, 0) is 28.5 Å². The minimum absolute atomic E-state index is 0.155. The van der Waals surface area contributed by atoms with Gasteiger partial charge in [0.2, 0.25) is 0 Å². The summed E-state index contributed by atoms with van der Waals surface area (Å²) in [4.78, 5) is 23.2. The van der Waals surface area contributed by atoms with E-state index in [4.69, 9.17) is 23.7 Å². The monoisotopic (exact) mass is 424 g/mol. The molecule has 0 atom stereocenters. The van der Waals surface area contributed by atoms with Crippen LogP contribution in [0.5, 0.6) is 0 Å². The van der Waals surface area contributed by atoms with Crippen molar-refractivity contribution in [2.75, 3.05) is 52.9 Å². The molecule has 30 heavy (non-hydrogen) atoms. The average Bonchev–Trinajstić information content (AvgIpc) is 2.77. The van der Waals surface area contributed by atoms with E-state index >= 15 is 0 Å². The van der Waals surface area contributed by atoms with Gasteiger partial charge >= 0.3 is 11.9 Å². The Balaban J connectivity index is 1.78. The van der Waals surface area contributed by atoms with Crippen LogP contribution in [0.1, 0.15) is 55.8 Å². The third-order valence-corrected chi connectivity index (χ3v) is 4.19. The van der Waals surface area contributed by atoms with Gasteiger partial charge in [0.05, 0.1) is 45.2 Å². The highest BCUT2D eigenvalue weighted by Crippen LogP contribution is 2.05. The Hall–Kier alpha value is -1.96. The summed E-state index contributed by atoms with van der Waals surface area (Å²) in [5, 5.41) is 0. The Bertz CT molecular complexity index is 548. The Morgan fingerprint density at radius 1 is 0.667 bits per heavy atom. The molecule has 0 aliphatic carbocycles. The molecule has 1 rings (SSSR count). The summed E-state index contributed by atoms with van der Waals surface area (Å²) in [5.74, 6) is -0.511. The first-order valence-corrected chi connectivity index (χ1v) is 10.8. The molecule has 0 spiro atoms. The molecule has 0 radical (unpaired) electrons. The third kappa shape index (κ3) is 15.0. The molecule has 0 N–H and O–H groups in total. The van der Waals surface area contributed by atoms with E-state index in [2.05, 4.69) is 6.92 Å². The van der Waals surface area contributed by atoms with Crippen LogP contribution < -0.4 is 0 Å². The van der Waals surface area contributed by atoms with Crippen LogP contribution in [0.15, 0.2) is 30.3 Å². The van der Waals surface area contributed by atoms with E-state index in [1.165, 1.54) is 19.3 Å². The van der Waals surface area contributed by atoms with Crippen LogP contribution in [0.25, 0.3) is 0 Å². The van der Waals surface area contributed by atoms with Crippen LogP contribution in [0.2, 0.25) is 0 Å². The molecule has 7 nitrogen and oxygen atoms in total. The molecule has 170 valence electrons. The third-order valence-electron chi connectivity index (χ3n) is 4.19. The number of rotatable bonds is 19. The lowest BCUT2D eigenvalue weighted by Gasteiger charge is -2.08. The van der Waals surface area contributed by atoms with Crippen molar-refractivity contribution in [3.8, 4) is 0 Å². The lowest BCUT2D eigenvalue weighted by molar-refractivity contribution is -0.145. The molecule has 0 aromatic heterocycles. The molecule has 0 saturated carbocycles. The molecular weight excluding hydrogens is 388 g/mol. The Morgan fingerprint density at radius 2 is 1.20 bits per heavy atom. The standard InChI is InChI=1S/C23H36O7/c1-2-3-4-5-9-12-22(24)29-19-17-27-15-13-26-14-16-28-18-20-30-23(25)21-10-7-6-8-11-21/h6-8,10-11H,2-5,9,12-20H2,1H3. The summed E-state index contributed by atoms with van der Waals surface area (Å²) >= 11 is 0. The Labute approximate surface area is 180 Å². The number of unbranched alkanes of at least 4 members (excludes halogenated alkanes) is 4. The summed E-state index contributed by atoms with van der Waals surface area (Å²) < 4.78 is 26.3. The summed E-state index contributed by atoms with van der Waals surface area (Å²) in [6.45, 7) is 5.06. The number of esters is 2. The van der Waals surface area contributed by atoms with Crippen molar-refractivity contribution in [1.82, 2.24) is 0 Å². The Morgan fingerprint density at radius 3 is 1.80 bits per heavy atom. The lowest BCUT2D eigenvalue weighted by atomic mass is 10.1. The molecule has 1 aromatic rings. The summed E-state index contributed by atoms with van der Waals surface area (Å²) in [6.07, 6.45) is 6.06. The van der Waals surface area contributed by atoms with Gasteiger partial charge < -0.3 is 23.7 Å². The van der Waals surface area contributed by atoms with E-state index in [1.54, 1.807) is 24.3 Å². The number of hydrogen-bond acceptors (Lipinski definition) is 7. The number of hydrogen-bond donors (Lipinski definition) is 0. The minimum Gasteiger partial charge on any atom is -0.463 e. The Kier molecular flexibility index (Phi) is 16.5. The van der Waals surface area contributed by atoms with Gasteiger partial charge in [-0.25, -0.2) is 4.79 Å². The fourth-order valence-corrected chi connectivity index (χ4v) is 2.55.